The number of hydrogen-bond donors (Lipinski definition) is 1. The van der Waals surface area contributed by atoms with Crippen molar-refractivity contribution in [3.8, 4) is 0 Å². The maximum Gasteiger partial charge on any atom is 0.245 e. The van der Waals surface area contributed by atoms with Gasteiger partial charge in [-0.3, -0.25) is 0 Å². The van der Waals surface area contributed by atoms with Crippen LogP contribution in [0.25, 0.3) is 0 Å². The Morgan fingerprint density at radius 1 is 1.29 bits per heavy atom. The van der Waals surface area contributed by atoms with Crippen molar-refractivity contribution in [3.63, 3.8) is 0 Å². The zero-order chi connectivity index (χ0) is 15.2. The molecule has 0 unspecified atom stereocenters. The fourth-order valence-corrected chi connectivity index (χ4v) is 7.60. The summed E-state index contributed by atoms with van der Waals surface area (Å²) < 4.78 is 28.5. The van der Waals surface area contributed by atoms with Gasteiger partial charge in [0.1, 0.15) is 4.90 Å². The number of thiophene rings is 1. The standard InChI is InChI=1S/C13H12Br2N2O2S2/c14-12-6-11(13(15)20-12)21(18,19)17-5-4-8-2-1-3-10(16)9(8)7-17/h1-3,6H,4-5,7,16H2. The first-order chi connectivity index (χ1) is 9.89. The number of halogens is 2. The third kappa shape index (κ3) is 2.79. The Morgan fingerprint density at radius 3 is 2.71 bits per heavy atom. The summed E-state index contributed by atoms with van der Waals surface area (Å²) in [6.07, 6.45) is 0.683. The van der Waals surface area contributed by atoms with Gasteiger partial charge >= 0.3 is 0 Å². The van der Waals surface area contributed by atoms with Gasteiger partial charge in [0.2, 0.25) is 10.0 Å². The first-order valence-corrected chi connectivity index (χ1v) is 10.0. The molecule has 4 nitrogen and oxygen atoms in total. The Morgan fingerprint density at radius 2 is 2.05 bits per heavy atom. The van der Waals surface area contributed by atoms with Crippen LogP contribution in [0.5, 0.6) is 0 Å². The minimum atomic E-state index is -3.52. The van der Waals surface area contributed by atoms with E-state index in [2.05, 4.69) is 31.9 Å². The number of anilines is 1. The Bertz CT molecular complexity index is 802. The Hall–Kier alpha value is -0.410. The van der Waals surface area contributed by atoms with E-state index in [1.807, 2.05) is 18.2 Å². The molecule has 2 heterocycles. The molecule has 112 valence electrons. The predicted octanol–water partition coefficient (Wildman–Crippen LogP) is 3.60. The molecule has 0 radical (unpaired) electrons. The van der Waals surface area contributed by atoms with Crippen LogP contribution in [0.3, 0.4) is 0 Å². The Labute approximate surface area is 144 Å². The number of hydrogen-bond acceptors (Lipinski definition) is 4. The molecule has 0 aliphatic carbocycles. The second kappa shape index (κ2) is 5.66. The molecule has 8 heteroatoms. The van der Waals surface area contributed by atoms with E-state index in [0.29, 0.717) is 33.9 Å². The fourth-order valence-electron chi connectivity index (χ4n) is 2.43. The van der Waals surface area contributed by atoms with Gasteiger partial charge in [-0.2, -0.15) is 4.31 Å². The largest absolute Gasteiger partial charge is 0.398 e. The molecule has 1 aromatic heterocycles. The quantitative estimate of drug-likeness (QED) is 0.709. The van der Waals surface area contributed by atoms with E-state index in [1.165, 1.54) is 15.6 Å². The van der Waals surface area contributed by atoms with E-state index in [0.717, 1.165) is 14.9 Å². The summed E-state index contributed by atoms with van der Waals surface area (Å²) in [5, 5.41) is 0. The van der Waals surface area contributed by atoms with Gasteiger partial charge < -0.3 is 5.73 Å². The number of sulfonamides is 1. The molecular formula is C13H12Br2N2O2S2. The number of nitrogens with two attached hydrogens (primary N) is 1. The second-order valence-electron chi connectivity index (χ2n) is 4.76. The van der Waals surface area contributed by atoms with Crippen molar-refractivity contribution in [2.24, 2.45) is 0 Å². The molecule has 1 aliphatic rings. The Kier molecular flexibility index (Phi) is 4.17. The van der Waals surface area contributed by atoms with Gasteiger partial charge in [-0.25, -0.2) is 8.42 Å². The molecule has 21 heavy (non-hydrogen) atoms. The summed E-state index contributed by atoms with van der Waals surface area (Å²) >= 11 is 8.00. The average Bonchev–Trinajstić information content (AvgIpc) is 2.78. The maximum absolute atomic E-state index is 12.8. The highest BCUT2D eigenvalue weighted by atomic mass is 79.9. The molecule has 2 aromatic rings. The highest BCUT2D eigenvalue weighted by Crippen LogP contribution is 2.37. The van der Waals surface area contributed by atoms with Gasteiger partial charge in [-0.15, -0.1) is 11.3 Å². The van der Waals surface area contributed by atoms with Crippen LogP contribution in [0, 0.1) is 0 Å². The highest BCUT2D eigenvalue weighted by molar-refractivity contribution is 9.12. The van der Waals surface area contributed by atoms with Gasteiger partial charge in [-0.05, 0) is 61.5 Å². The van der Waals surface area contributed by atoms with Crippen LogP contribution in [-0.4, -0.2) is 19.3 Å². The minimum Gasteiger partial charge on any atom is -0.398 e. The molecule has 0 spiro atoms. The lowest BCUT2D eigenvalue weighted by Gasteiger charge is -2.28. The molecule has 0 saturated carbocycles. The molecule has 3 rings (SSSR count). The normalized spacial score (nSPS) is 15.9. The predicted molar refractivity (Wildman–Crippen MR) is 91.9 cm³/mol. The van der Waals surface area contributed by atoms with Gasteiger partial charge in [0, 0.05) is 18.8 Å². The molecular weight excluding hydrogens is 440 g/mol. The number of nitrogen functional groups attached to an aromatic ring is 1. The number of fused-ring (bicyclic) bond motifs is 1. The molecule has 0 amide bonds. The fraction of sp³-hybridized carbons (Fsp3) is 0.231. The minimum absolute atomic E-state index is 0.303. The van der Waals surface area contributed by atoms with Crippen molar-refractivity contribution in [2.45, 2.75) is 17.9 Å². The average molecular weight is 452 g/mol. The van der Waals surface area contributed by atoms with Crippen LogP contribution in [0.4, 0.5) is 5.69 Å². The van der Waals surface area contributed by atoms with E-state index in [-0.39, 0.29) is 0 Å². The third-order valence-electron chi connectivity index (χ3n) is 3.52. The van der Waals surface area contributed by atoms with Gasteiger partial charge in [0.15, 0.2) is 0 Å². The zero-order valence-corrected chi connectivity index (χ0v) is 15.6. The SMILES string of the molecule is Nc1cccc2c1CN(S(=O)(=O)c1cc(Br)sc1Br)CC2. The van der Waals surface area contributed by atoms with Crippen LogP contribution in [0.15, 0.2) is 36.7 Å². The molecule has 0 bridgehead atoms. The molecule has 0 saturated heterocycles. The molecule has 0 fully saturated rings. The maximum atomic E-state index is 12.8. The van der Waals surface area contributed by atoms with Crippen molar-refractivity contribution in [1.29, 1.82) is 0 Å². The molecule has 1 aliphatic heterocycles. The van der Waals surface area contributed by atoms with Crippen molar-refractivity contribution in [1.82, 2.24) is 4.31 Å². The van der Waals surface area contributed by atoms with Crippen LogP contribution >= 0.6 is 43.2 Å². The van der Waals surface area contributed by atoms with Crippen LogP contribution < -0.4 is 5.73 Å². The second-order valence-corrected chi connectivity index (χ2v) is 10.4. The van der Waals surface area contributed by atoms with E-state index < -0.39 is 10.0 Å². The van der Waals surface area contributed by atoms with Crippen molar-refractivity contribution >= 4 is 58.9 Å². The smallest absolute Gasteiger partial charge is 0.245 e. The number of benzene rings is 1. The van der Waals surface area contributed by atoms with Gasteiger partial charge in [-0.1, -0.05) is 12.1 Å². The zero-order valence-electron chi connectivity index (χ0n) is 10.8. The first kappa shape index (κ1) is 15.5. The summed E-state index contributed by atoms with van der Waals surface area (Å²) in [5.74, 6) is 0. The van der Waals surface area contributed by atoms with Crippen LogP contribution in [0.2, 0.25) is 0 Å². The van der Waals surface area contributed by atoms with E-state index in [1.54, 1.807) is 6.07 Å². The first-order valence-electron chi connectivity index (χ1n) is 6.21. The summed E-state index contributed by atoms with van der Waals surface area (Å²) in [7, 11) is -3.52. The summed E-state index contributed by atoms with van der Waals surface area (Å²) in [6.45, 7) is 0.795. The van der Waals surface area contributed by atoms with Crippen molar-refractivity contribution in [3.05, 3.63) is 43.0 Å². The van der Waals surface area contributed by atoms with Crippen molar-refractivity contribution in [2.75, 3.05) is 12.3 Å². The number of rotatable bonds is 2. The Balaban J connectivity index is 1.99. The molecule has 0 atom stereocenters. The van der Waals surface area contributed by atoms with E-state index in [4.69, 9.17) is 5.73 Å². The van der Waals surface area contributed by atoms with Crippen LogP contribution in [0.1, 0.15) is 11.1 Å². The highest BCUT2D eigenvalue weighted by Gasteiger charge is 2.31. The molecule has 1 aromatic carbocycles. The summed E-state index contributed by atoms with van der Waals surface area (Å²) in [6, 6.07) is 7.36. The molecule has 2 N–H and O–H groups in total. The van der Waals surface area contributed by atoms with Gasteiger partial charge in [0.25, 0.3) is 0 Å². The van der Waals surface area contributed by atoms with Crippen LogP contribution in [-0.2, 0) is 23.0 Å². The van der Waals surface area contributed by atoms with E-state index >= 15 is 0 Å². The summed E-state index contributed by atoms with van der Waals surface area (Å²) in [5.41, 5.74) is 8.68. The third-order valence-corrected chi connectivity index (χ3v) is 8.12. The summed E-state index contributed by atoms with van der Waals surface area (Å²) in [4.78, 5) is 0.303. The van der Waals surface area contributed by atoms with E-state index in [9.17, 15) is 8.42 Å². The lowest BCUT2D eigenvalue weighted by molar-refractivity contribution is 0.392. The lowest BCUT2D eigenvalue weighted by Crippen LogP contribution is -2.36. The number of nitrogens with zero attached hydrogens (tertiary/aromatic N) is 1. The lowest BCUT2D eigenvalue weighted by atomic mass is 10.00. The topological polar surface area (TPSA) is 63.4 Å². The van der Waals surface area contributed by atoms with Crippen molar-refractivity contribution < 1.29 is 8.42 Å². The monoisotopic (exact) mass is 450 g/mol. The van der Waals surface area contributed by atoms with Gasteiger partial charge in [0.05, 0.1) is 7.57 Å².